The first-order valence-corrected chi connectivity index (χ1v) is 6.86. The first-order valence-electron chi connectivity index (χ1n) is 6.86. The molecule has 1 fully saturated rings. The lowest BCUT2D eigenvalue weighted by molar-refractivity contribution is 0.253. The third-order valence-electron chi connectivity index (χ3n) is 3.62. The lowest BCUT2D eigenvalue weighted by atomic mass is 9.94. The molecule has 0 radical (unpaired) electrons. The molecule has 0 saturated carbocycles. The van der Waals surface area contributed by atoms with Crippen LogP contribution in [-0.4, -0.2) is 45.0 Å². The van der Waals surface area contributed by atoms with Crippen LogP contribution in [0.15, 0.2) is 30.9 Å². The Morgan fingerprint density at radius 2 is 2.00 bits per heavy atom. The summed E-state index contributed by atoms with van der Waals surface area (Å²) in [5, 5.41) is 3.09. The summed E-state index contributed by atoms with van der Waals surface area (Å²) in [6.07, 6.45) is 9.05. The number of hydrogen-bond acceptors (Lipinski definition) is 6. The van der Waals surface area contributed by atoms with Crippen LogP contribution in [0.25, 0.3) is 0 Å². The number of anilines is 2. The van der Waals surface area contributed by atoms with Crippen LogP contribution in [0, 0.1) is 0 Å². The Labute approximate surface area is 118 Å². The molecule has 6 heteroatoms. The molecule has 0 amide bonds. The number of aromatic nitrogens is 4. The van der Waals surface area contributed by atoms with Gasteiger partial charge in [0.2, 0.25) is 5.95 Å². The molecule has 3 heterocycles. The third-order valence-corrected chi connectivity index (χ3v) is 3.62. The second kappa shape index (κ2) is 5.92. The van der Waals surface area contributed by atoms with Crippen molar-refractivity contribution in [1.29, 1.82) is 0 Å². The maximum Gasteiger partial charge on any atom is 0.228 e. The van der Waals surface area contributed by atoms with Crippen molar-refractivity contribution in [1.82, 2.24) is 24.8 Å². The van der Waals surface area contributed by atoms with Crippen molar-refractivity contribution in [2.24, 2.45) is 0 Å². The van der Waals surface area contributed by atoms with Gasteiger partial charge >= 0.3 is 0 Å². The first-order chi connectivity index (χ1) is 9.81. The highest BCUT2D eigenvalue weighted by atomic mass is 15.1. The van der Waals surface area contributed by atoms with Gasteiger partial charge in [0, 0.05) is 30.2 Å². The van der Waals surface area contributed by atoms with Crippen LogP contribution in [0.2, 0.25) is 0 Å². The zero-order valence-corrected chi connectivity index (χ0v) is 11.5. The van der Waals surface area contributed by atoms with Crippen LogP contribution in [0.5, 0.6) is 0 Å². The predicted molar refractivity (Wildman–Crippen MR) is 76.8 cm³/mol. The van der Waals surface area contributed by atoms with Crippen molar-refractivity contribution in [2.75, 3.05) is 25.5 Å². The molecule has 1 N–H and O–H groups in total. The van der Waals surface area contributed by atoms with Crippen molar-refractivity contribution in [3.63, 3.8) is 0 Å². The summed E-state index contributed by atoms with van der Waals surface area (Å²) < 4.78 is 0. The molecule has 0 spiro atoms. The van der Waals surface area contributed by atoms with Crippen molar-refractivity contribution < 1.29 is 0 Å². The summed E-state index contributed by atoms with van der Waals surface area (Å²) in [5.41, 5.74) is 1.11. The van der Waals surface area contributed by atoms with Gasteiger partial charge in [-0.15, -0.1) is 0 Å². The smallest absolute Gasteiger partial charge is 0.228 e. The molecule has 0 aromatic carbocycles. The third kappa shape index (κ3) is 3.08. The molecule has 0 atom stereocenters. The molecule has 0 bridgehead atoms. The number of piperidine rings is 1. The second-order valence-corrected chi connectivity index (χ2v) is 5.10. The van der Waals surface area contributed by atoms with E-state index in [-0.39, 0.29) is 0 Å². The molecule has 3 rings (SSSR count). The van der Waals surface area contributed by atoms with E-state index < -0.39 is 0 Å². The highest BCUT2D eigenvalue weighted by Gasteiger charge is 2.19. The van der Waals surface area contributed by atoms with Gasteiger partial charge in [-0.1, -0.05) is 0 Å². The molecule has 6 nitrogen and oxygen atoms in total. The zero-order chi connectivity index (χ0) is 13.8. The number of hydrogen-bond donors (Lipinski definition) is 1. The summed E-state index contributed by atoms with van der Waals surface area (Å²) in [6, 6.07) is 2.01. The maximum atomic E-state index is 4.61. The fourth-order valence-corrected chi connectivity index (χ4v) is 2.44. The number of rotatable bonds is 3. The van der Waals surface area contributed by atoms with Gasteiger partial charge in [-0.2, -0.15) is 0 Å². The Hall–Kier alpha value is -2.08. The topological polar surface area (TPSA) is 66.8 Å². The van der Waals surface area contributed by atoms with Crippen LogP contribution < -0.4 is 5.32 Å². The van der Waals surface area contributed by atoms with E-state index in [1.54, 1.807) is 24.8 Å². The van der Waals surface area contributed by atoms with Crippen molar-refractivity contribution >= 4 is 11.8 Å². The fourth-order valence-electron chi connectivity index (χ4n) is 2.44. The standard InChI is InChI=1S/C14H18N6/c1-20-8-3-11(4-9-20)12-2-5-17-14(18-12)19-13-10-15-6-7-16-13/h2,5-7,10-11H,3-4,8-9H2,1H3,(H,16,17,18,19). The highest BCUT2D eigenvalue weighted by Crippen LogP contribution is 2.26. The van der Waals surface area contributed by atoms with Crippen molar-refractivity contribution in [2.45, 2.75) is 18.8 Å². The van der Waals surface area contributed by atoms with E-state index >= 15 is 0 Å². The Morgan fingerprint density at radius 3 is 2.75 bits per heavy atom. The van der Waals surface area contributed by atoms with Crippen LogP contribution >= 0.6 is 0 Å². The molecular formula is C14H18N6. The molecule has 20 heavy (non-hydrogen) atoms. The predicted octanol–water partition coefficient (Wildman–Crippen LogP) is 1.82. The van der Waals surface area contributed by atoms with Gasteiger partial charge in [0.1, 0.15) is 0 Å². The van der Waals surface area contributed by atoms with E-state index in [9.17, 15) is 0 Å². The van der Waals surface area contributed by atoms with E-state index in [1.807, 2.05) is 6.07 Å². The lowest BCUT2D eigenvalue weighted by Gasteiger charge is -2.28. The largest absolute Gasteiger partial charge is 0.307 e. The second-order valence-electron chi connectivity index (χ2n) is 5.10. The summed E-state index contributed by atoms with van der Waals surface area (Å²) in [6.45, 7) is 2.25. The zero-order valence-electron chi connectivity index (χ0n) is 11.5. The van der Waals surface area contributed by atoms with Gasteiger partial charge in [0.25, 0.3) is 0 Å². The summed E-state index contributed by atoms with van der Waals surface area (Å²) in [7, 11) is 2.16. The molecule has 104 valence electrons. The number of nitrogens with one attached hydrogen (secondary N) is 1. The van der Waals surface area contributed by atoms with Gasteiger partial charge < -0.3 is 10.2 Å². The van der Waals surface area contributed by atoms with Crippen LogP contribution in [-0.2, 0) is 0 Å². The van der Waals surface area contributed by atoms with E-state index in [1.165, 1.54) is 0 Å². The van der Waals surface area contributed by atoms with Gasteiger partial charge in [-0.3, -0.25) is 4.98 Å². The molecule has 1 saturated heterocycles. The van der Waals surface area contributed by atoms with E-state index in [0.717, 1.165) is 31.6 Å². The van der Waals surface area contributed by atoms with Gasteiger partial charge in [0.15, 0.2) is 5.82 Å². The summed E-state index contributed by atoms with van der Waals surface area (Å²) in [4.78, 5) is 19.4. The Bertz CT molecular complexity index is 551. The molecule has 1 aliphatic rings. The van der Waals surface area contributed by atoms with E-state index in [4.69, 9.17) is 0 Å². The monoisotopic (exact) mass is 270 g/mol. The van der Waals surface area contributed by atoms with Crippen molar-refractivity contribution in [3.8, 4) is 0 Å². The Morgan fingerprint density at radius 1 is 1.15 bits per heavy atom. The molecule has 1 aliphatic heterocycles. The normalized spacial score (nSPS) is 17.1. The molecular weight excluding hydrogens is 252 g/mol. The molecule has 2 aromatic heterocycles. The number of likely N-dealkylation sites (tertiary alicyclic amines) is 1. The van der Waals surface area contributed by atoms with Crippen LogP contribution in [0.4, 0.5) is 11.8 Å². The molecule has 2 aromatic rings. The minimum atomic E-state index is 0.525. The first kappa shape index (κ1) is 12.9. The maximum absolute atomic E-state index is 4.61. The minimum absolute atomic E-state index is 0.525. The molecule has 0 aliphatic carbocycles. The van der Waals surface area contributed by atoms with E-state index in [0.29, 0.717) is 17.7 Å². The Kier molecular flexibility index (Phi) is 3.83. The lowest BCUT2D eigenvalue weighted by Crippen LogP contribution is -2.29. The average molecular weight is 270 g/mol. The fraction of sp³-hybridized carbons (Fsp3) is 0.429. The highest BCUT2D eigenvalue weighted by molar-refractivity contribution is 5.45. The Balaban J connectivity index is 1.73. The summed E-state index contributed by atoms with van der Waals surface area (Å²) in [5.74, 6) is 1.77. The van der Waals surface area contributed by atoms with Gasteiger partial charge in [-0.25, -0.2) is 15.0 Å². The quantitative estimate of drug-likeness (QED) is 0.917. The minimum Gasteiger partial charge on any atom is -0.307 e. The van der Waals surface area contributed by atoms with Gasteiger partial charge in [0.05, 0.1) is 6.20 Å². The average Bonchev–Trinajstić information content (AvgIpc) is 2.49. The molecule has 0 unspecified atom stereocenters. The van der Waals surface area contributed by atoms with Crippen LogP contribution in [0.1, 0.15) is 24.5 Å². The van der Waals surface area contributed by atoms with Gasteiger partial charge in [-0.05, 0) is 39.0 Å². The van der Waals surface area contributed by atoms with E-state index in [2.05, 4.69) is 37.2 Å². The SMILES string of the molecule is CN1CCC(c2ccnc(Nc3cnccn3)n2)CC1. The van der Waals surface area contributed by atoms with Crippen LogP contribution in [0.3, 0.4) is 0 Å². The number of nitrogens with zero attached hydrogens (tertiary/aromatic N) is 5. The van der Waals surface area contributed by atoms with Crippen molar-refractivity contribution in [3.05, 3.63) is 36.5 Å². The summed E-state index contributed by atoms with van der Waals surface area (Å²) >= 11 is 0.